The Morgan fingerprint density at radius 3 is 2.08 bits per heavy atom. The number of nitrogens with zero attached hydrogens (tertiary/aromatic N) is 2. The maximum Gasteiger partial charge on any atom is 0.326 e. The molecule has 0 spiro atoms. The first-order valence-corrected chi connectivity index (χ1v) is 18.5. The number of benzene rings is 2. The molecular weight excluding hydrogens is 678 g/mol. The summed E-state index contributed by atoms with van der Waals surface area (Å²) < 4.78 is 0. The predicted molar refractivity (Wildman–Crippen MR) is 198 cm³/mol. The summed E-state index contributed by atoms with van der Waals surface area (Å²) in [7, 11) is 0. The van der Waals surface area contributed by atoms with E-state index in [1.54, 1.807) is 38.1 Å². The quantitative estimate of drug-likeness (QED) is 0.136. The number of hydrogen-bond donors (Lipinski definition) is 6. The summed E-state index contributed by atoms with van der Waals surface area (Å²) in [5.74, 6) is -3.93. The number of fused-ring (bicyclic) bond motifs is 1. The molecule has 7 N–H and O–H groups in total. The SMILES string of the molecule is CC[C@H](C)[C@H](NC(=O)[C@@H]1CCCN1C(=O)[C@H](C)NC(=O)[C@@H]1CCCN1C(=O)[C@@H](N)Cc1c[nH]c2ccccc12)C(=O)N[C@@H](Cc1ccccc1)C(=O)O. The molecule has 2 saturated heterocycles. The molecule has 5 amide bonds. The molecule has 2 fully saturated rings. The average molecular weight is 730 g/mol. The van der Waals surface area contributed by atoms with Gasteiger partial charge in [-0.3, -0.25) is 24.0 Å². The van der Waals surface area contributed by atoms with Crippen LogP contribution in [-0.2, 0) is 41.6 Å². The summed E-state index contributed by atoms with van der Waals surface area (Å²) in [6, 6.07) is 10.9. The minimum atomic E-state index is -1.20. The summed E-state index contributed by atoms with van der Waals surface area (Å²) in [5.41, 5.74) is 8.97. The van der Waals surface area contributed by atoms with Crippen molar-refractivity contribution in [3.8, 4) is 0 Å². The van der Waals surface area contributed by atoms with Crippen LogP contribution < -0.4 is 21.7 Å². The number of carboxylic acids is 1. The van der Waals surface area contributed by atoms with E-state index in [4.69, 9.17) is 5.73 Å². The summed E-state index contributed by atoms with van der Waals surface area (Å²) in [4.78, 5) is 86.0. The van der Waals surface area contributed by atoms with Gasteiger partial charge in [0.1, 0.15) is 30.2 Å². The highest BCUT2D eigenvalue weighted by Gasteiger charge is 2.41. The number of aliphatic carboxylic acids is 1. The maximum atomic E-state index is 13.7. The monoisotopic (exact) mass is 729 g/mol. The second kappa shape index (κ2) is 17.5. The Bertz CT molecular complexity index is 1800. The fourth-order valence-electron chi connectivity index (χ4n) is 7.33. The lowest BCUT2D eigenvalue weighted by molar-refractivity contribution is -0.144. The van der Waals surface area contributed by atoms with Crippen molar-refractivity contribution in [1.29, 1.82) is 0 Å². The van der Waals surface area contributed by atoms with Gasteiger partial charge in [-0.05, 0) is 62.1 Å². The number of rotatable bonds is 15. The molecule has 7 atom stereocenters. The highest BCUT2D eigenvalue weighted by Crippen LogP contribution is 2.24. The maximum absolute atomic E-state index is 13.7. The van der Waals surface area contributed by atoms with E-state index in [-0.39, 0.29) is 24.8 Å². The summed E-state index contributed by atoms with van der Waals surface area (Å²) in [6.07, 6.45) is 4.69. The van der Waals surface area contributed by atoms with Crippen LogP contribution in [-0.4, -0.2) is 105 Å². The summed E-state index contributed by atoms with van der Waals surface area (Å²) in [5, 5.41) is 19.0. The van der Waals surface area contributed by atoms with Gasteiger partial charge in [-0.2, -0.15) is 0 Å². The van der Waals surface area contributed by atoms with Crippen LogP contribution in [0.15, 0.2) is 60.8 Å². The lowest BCUT2D eigenvalue weighted by atomic mass is 9.96. The molecule has 0 saturated carbocycles. The zero-order chi connectivity index (χ0) is 38.2. The van der Waals surface area contributed by atoms with Crippen LogP contribution in [0.4, 0.5) is 0 Å². The van der Waals surface area contributed by atoms with Crippen LogP contribution in [0, 0.1) is 5.92 Å². The van der Waals surface area contributed by atoms with Crippen molar-refractivity contribution in [2.45, 2.75) is 102 Å². The van der Waals surface area contributed by atoms with E-state index in [0.29, 0.717) is 45.1 Å². The molecule has 0 unspecified atom stereocenters. The molecule has 3 heterocycles. The number of hydrogen-bond acceptors (Lipinski definition) is 7. The van der Waals surface area contributed by atoms with E-state index in [1.165, 1.54) is 9.80 Å². The molecule has 2 aromatic carbocycles. The largest absolute Gasteiger partial charge is 0.480 e. The smallest absolute Gasteiger partial charge is 0.326 e. The molecule has 1 aromatic heterocycles. The number of amides is 5. The van der Waals surface area contributed by atoms with E-state index in [0.717, 1.165) is 22.0 Å². The van der Waals surface area contributed by atoms with Crippen LogP contribution in [0.1, 0.15) is 64.0 Å². The molecule has 2 aliphatic rings. The molecule has 14 heteroatoms. The number of aromatic amines is 1. The predicted octanol–water partition coefficient (Wildman–Crippen LogP) is 1.87. The van der Waals surface area contributed by atoms with Gasteiger partial charge < -0.3 is 41.6 Å². The van der Waals surface area contributed by atoms with Crippen molar-refractivity contribution in [2.75, 3.05) is 13.1 Å². The normalized spacial score (nSPS) is 19.9. The summed E-state index contributed by atoms with van der Waals surface area (Å²) in [6.45, 7) is 5.86. The van der Waals surface area contributed by atoms with Gasteiger partial charge >= 0.3 is 5.97 Å². The number of nitrogens with one attached hydrogen (secondary N) is 4. The molecule has 0 aliphatic carbocycles. The molecule has 14 nitrogen and oxygen atoms in total. The van der Waals surface area contributed by atoms with Crippen LogP contribution in [0.5, 0.6) is 0 Å². The van der Waals surface area contributed by atoms with Crippen LogP contribution in [0.25, 0.3) is 10.9 Å². The molecule has 53 heavy (non-hydrogen) atoms. The second-order valence-corrected chi connectivity index (χ2v) is 14.2. The van der Waals surface area contributed by atoms with Gasteiger partial charge in [0.25, 0.3) is 0 Å². The highest BCUT2D eigenvalue weighted by atomic mass is 16.4. The number of carbonyl (C=O) groups excluding carboxylic acids is 5. The Morgan fingerprint density at radius 1 is 0.830 bits per heavy atom. The van der Waals surface area contributed by atoms with Gasteiger partial charge in [-0.15, -0.1) is 0 Å². The lowest BCUT2D eigenvalue weighted by Gasteiger charge is -2.31. The highest BCUT2D eigenvalue weighted by molar-refractivity contribution is 5.97. The van der Waals surface area contributed by atoms with Crippen molar-refractivity contribution in [3.63, 3.8) is 0 Å². The van der Waals surface area contributed by atoms with Gasteiger partial charge in [-0.1, -0.05) is 68.8 Å². The summed E-state index contributed by atoms with van der Waals surface area (Å²) >= 11 is 0. The zero-order valence-corrected chi connectivity index (χ0v) is 30.5. The van der Waals surface area contributed by atoms with Gasteiger partial charge in [0.2, 0.25) is 29.5 Å². The molecule has 5 rings (SSSR count). The van der Waals surface area contributed by atoms with E-state index in [1.807, 2.05) is 43.5 Å². The third kappa shape index (κ3) is 9.23. The fourth-order valence-corrected chi connectivity index (χ4v) is 7.33. The second-order valence-electron chi connectivity index (χ2n) is 14.2. The molecular formula is C39H51N7O7. The Balaban J connectivity index is 1.18. The van der Waals surface area contributed by atoms with E-state index >= 15 is 0 Å². The number of aromatic nitrogens is 1. The Labute approximate surface area is 309 Å². The fraction of sp³-hybridized carbons (Fsp3) is 0.487. The van der Waals surface area contributed by atoms with E-state index < -0.39 is 65.8 Å². The third-order valence-electron chi connectivity index (χ3n) is 10.5. The average Bonchev–Trinajstić information content (AvgIpc) is 3.93. The minimum absolute atomic E-state index is 0.0716. The van der Waals surface area contributed by atoms with Crippen LogP contribution in [0.3, 0.4) is 0 Å². The molecule has 2 aliphatic heterocycles. The Kier molecular flexibility index (Phi) is 12.9. The van der Waals surface area contributed by atoms with Crippen molar-refractivity contribution >= 4 is 46.4 Å². The molecule has 0 bridgehead atoms. The van der Waals surface area contributed by atoms with Crippen molar-refractivity contribution in [2.24, 2.45) is 11.7 Å². The molecule has 0 radical (unpaired) electrons. The van der Waals surface area contributed by atoms with Crippen molar-refractivity contribution in [3.05, 3.63) is 71.9 Å². The number of nitrogens with two attached hydrogens (primary N) is 1. The van der Waals surface area contributed by atoms with Crippen molar-refractivity contribution < 1.29 is 33.9 Å². The molecule has 3 aromatic rings. The van der Waals surface area contributed by atoms with Crippen LogP contribution in [0.2, 0.25) is 0 Å². The number of likely N-dealkylation sites (tertiary alicyclic amines) is 2. The van der Waals surface area contributed by atoms with Gasteiger partial charge in [0.05, 0.1) is 6.04 Å². The minimum Gasteiger partial charge on any atom is -0.480 e. The first-order valence-electron chi connectivity index (χ1n) is 18.5. The number of H-pyrrole nitrogens is 1. The zero-order valence-electron chi connectivity index (χ0n) is 30.5. The molecule has 284 valence electrons. The number of carboxylic acid groups (broad SMARTS) is 1. The van der Waals surface area contributed by atoms with E-state index in [9.17, 15) is 33.9 Å². The Hall–Kier alpha value is -5.24. The van der Waals surface area contributed by atoms with E-state index in [2.05, 4.69) is 20.9 Å². The third-order valence-corrected chi connectivity index (χ3v) is 10.5. The Morgan fingerprint density at radius 2 is 1.43 bits per heavy atom. The standard InChI is InChI=1S/C39H51N7O7/c1-4-23(2)33(36(49)43-30(39(52)53)20-25-12-6-5-7-13-25)44-35(48)32-17-10-18-45(32)37(50)24(3)42-34(47)31-16-11-19-46(31)38(51)28(40)21-26-22-41-29-15-9-8-14-27(26)29/h5-9,12-15,22-24,28,30-33,41H,4,10-11,16-21,40H2,1-3H3,(H,42,47)(H,43,49)(H,44,48)(H,52,53)/t23-,24-,28-,30-,31-,32-,33-/m0/s1. The van der Waals surface area contributed by atoms with Crippen molar-refractivity contribution in [1.82, 2.24) is 30.7 Å². The van der Waals surface area contributed by atoms with Gasteiger partial charge in [0, 0.05) is 36.6 Å². The first kappa shape index (κ1) is 39.0. The number of para-hydroxylation sites is 1. The van der Waals surface area contributed by atoms with Crippen LogP contribution >= 0.6 is 0 Å². The van der Waals surface area contributed by atoms with Gasteiger partial charge in [0.15, 0.2) is 0 Å². The lowest BCUT2D eigenvalue weighted by Crippen LogP contribution is -2.59. The first-order chi connectivity index (χ1) is 25.4. The topological polar surface area (TPSA) is 207 Å². The number of carbonyl (C=O) groups is 6. The van der Waals surface area contributed by atoms with Gasteiger partial charge in [-0.25, -0.2) is 4.79 Å².